The minimum absolute atomic E-state index is 0.108. The third kappa shape index (κ3) is 2.92. The molecule has 0 saturated carbocycles. The Balaban J connectivity index is 2.18. The first-order valence-electron chi connectivity index (χ1n) is 5.47. The van der Waals surface area contributed by atoms with Gasteiger partial charge in [-0.3, -0.25) is 4.79 Å². The maximum absolute atomic E-state index is 12.4. The molecule has 0 bridgehead atoms. The molecule has 1 atom stereocenters. The van der Waals surface area contributed by atoms with Crippen LogP contribution in [0.3, 0.4) is 0 Å². The molecule has 0 radical (unpaired) electrons. The summed E-state index contributed by atoms with van der Waals surface area (Å²) in [6.07, 6.45) is 0.930. The third-order valence-corrected chi connectivity index (χ3v) is 6.06. The molecule has 1 aliphatic heterocycles. The zero-order chi connectivity index (χ0) is 12.4. The van der Waals surface area contributed by atoms with Gasteiger partial charge in [0, 0.05) is 11.0 Å². The molecule has 1 aromatic heterocycles. The highest BCUT2D eigenvalue weighted by Gasteiger charge is 2.28. The number of nitrogens with zero attached hydrogens (tertiary/aromatic N) is 1. The number of halogens is 2. The van der Waals surface area contributed by atoms with E-state index in [9.17, 15) is 4.79 Å². The van der Waals surface area contributed by atoms with E-state index in [0.717, 1.165) is 19.6 Å². The van der Waals surface area contributed by atoms with Gasteiger partial charge in [-0.15, -0.1) is 11.3 Å². The van der Waals surface area contributed by atoms with Crippen molar-refractivity contribution in [3.63, 3.8) is 0 Å². The summed E-state index contributed by atoms with van der Waals surface area (Å²) in [6, 6.07) is 2.08. The Kier molecular flexibility index (Phi) is 4.63. The molecule has 0 aliphatic carbocycles. The van der Waals surface area contributed by atoms with Gasteiger partial charge in [0.2, 0.25) is 0 Å². The molecule has 1 amide bonds. The van der Waals surface area contributed by atoms with E-state index >= 15 is 0 Å². The summed E-state index contributed by atoms with van der Waals surface area (Å²) in [6.45, 7) is 4.05. The fourth-order valence-electron chi connectivity index (χ4n) is 1.85. The number of amides is 1. The quantitative estimate of drug-likeness (QED) is 0.783. The van der Waals surface area contributed by atoms with E-state index in [0.29, 0.717) is 19.8 Å². The van der Waals surface area contributed by atoms with Crippen LogP contribution in [0.2, 0.25) is 0 Å². The largest absolute Gasteiger partial charge is 0.377 e. The highest BCUT2D eigenvalue weighted by molar-refractivity contribution is 9.13. The van der Waals surface area contributed by atoms with Gasteiger partial charge in [-0.05, 0) is 44.3 Å². The molecule has 2 heterocycles. The summed E-state index contributed by atoms with van der Waals surface area (Å²) in [7, 11) is 0. The molecule has 1 aromatic rings. The molecule has 0 aromatic carbocycles. The average Bonchev–Trinajstić information content (AvgIpc) is 2.68. The lowest BCUT2D eigenvalue weighted by molar-refractivity contribution is -0.00253. The summed E-state index contributed by atoms with van der Waals surface area (Å²) in [5, 5.41) is 0. The smallest absolute Gasteiger partial charge is 0.264 e. The predicted molar refractivity (Wildman–Crippen MR) is 75.7 cm³/mol. The van der Waals surface area contributed by atoms with Gasteiger partial charge in [0.15, 0.2) is 0 Å². The second-order valence-corrected chi connectivity index (χ2v) is 7.09. The van der Waals surface area contributed by atoms with Gasteiger partial charge in [0.05, 0.1) is 27.9 Å². The van der Waals surface area contributed by atoms with Crippen LogP contribution in [0.15, 0.2) is 14.3 Å². The van der Waals surface area contributed by atoms with E-state index in [4.69, 9.17) is 4.74 Å². The number of hydrogen-bond acceptors (Lipinski definition) is 3. The van der Waals surface area contributed by atoms with Crippen LogP contribution in [0, 0.1) is 0 Å². The number of rotatable bonds is 2. The Bertz CT molecular complexity index is 402. The lowest BCUT2D eigenvalue weighted by Gasteiger charge is -2.34. The van der Waals surface area contributed by atoms with E-state index in [1.54, 1.807) is 0 Å². The van der Waals surface area contributed by atoms with E-state index in [1.807, 2.05) is 11.0 Å². The fraction of sp³-hybridized carbons (Fsp3) is 0.545. The highest BCUT2D eigenvalue weighted by atomic mass is 79.9. The molecule has 2 rings (SSSR count). The zero-order valence-electron chi connectivity index (χ0n) is 9.41. The predicted octanol–water partition coefficient (Wildman–Crippen LogP) is 3.52. The van der Waals surface area contributed by atoms with Gasteiger partial charge in [-0.2, -0.15) is 0 Å². The lowest BCUT2D eigenvalue weighted by Crippen LogP contribution is -2.48. The summed E-state index contributed by atoms with van der Waals surface area (Å²) in [5.41, 5.74) is 0. The van der Waals surface area contributed by atoms with Gasteiger partial charge in [0.1, 0.15) is 0 Å². The van der Waals surface area contributed by atoms with Crippen molar-refractivity contribution < 1.29 is 9.53 Å². The first kappa shape index (κ1) is 13.5. The first-order chi connectivity index (χ1) is 8.13. The van der Waals surface area contributed by atoms with Crippen LogP contribution in [0.25, 0.3) is 0 Å². The molecular weight excluding hydrogens is 370 g/mol. The Labute approximate surface area is 121 Å². The first-order valence-corrected chi connectivity index (χ1v) is 7.87. The normalized spacial score (nSPS) is 20.6. The average molecular weight is 383 g/mol. The van der Waals surface area contributed by atoms with Crippen molar-refractivity contribution in [2.45, 2.75) is 19.4 Å². The second-order valence-electron chi connectivity index (χ2n) is 3.87. The number of carbonyl (C=O) groups is 1. The van der Waals surface area contributed by atoms with Crippen molar-refractivity contribution in [1.29, 1.82) is 0 Å². The van der Waals surface area contributed by atoms with Crippen molar-refractivity contribution in [2.24, 2.45) is 0 Å². The van der Waals surface area contributed by atoms with Crippen LogP contribution in [0.5, 0.6) is 0 Å². The molecule has 17 heavy (non-hydrogen) atoms. The molecular formula is C11H13Br2NO2S. The summed E-state index contributed by atoms with van der Waals surface area (Å²) >= 11 is 8.29. The Hall–Kier alpha value is 0.0900. The SMILES string of the molecule is CCC1COCCN1C(=O)c1cc(Br)c(Br)s1. The third-order valence-electron chi connectivity index (χ3n) is 2.82. The number of hydrogen-bond donors (Lipinski definition) is 0. The lowest BCUT2D eigenvalue weighted by atomic mass is 10.1. The van der Waals surface area contributed by atoms with Crippen LogP contribution in [0.1, 0.15) is 23.0 Å². The van der Waals surface area contributed by atoms with Gasteiger partial charge < -0.3 is 9.64 Å². The fourth-order valence-corrected chi connectivity index (χ4v) is 3.85. The molecule has 0 N–H and O–H groups in total. The zero-order valence-corrected chi connectivity index (χ0v) is 13.4. The van der Waals surface area contributed by atoms with Crippen molar-refractivity contribution in [3.05, 3.63) is 19.2 Å². The van der Waals surface area contributed by atoms with E-state index in [1.165, 1.54) is 11.3 Å². The van der Waals surface area contributed by atoms with Crippen molar-refractivity contribution in [1.82, 2.24) is 4.90 Å². The minimum atomic E-state index is 0.108. The molecule has 1 aliphatic rings. The molecule has 1 unspecified atom stereocenters. The Morgan fingerprint density at radius 3 is 3.00 bits per heavy atom. The number of ether oxygens (including phenoxy) is 1. The van der Waals surface area contributed by atoms with Gasteiger partial charge in [-0.25, -0.2) is 0 Å². The van der Waals surface area contributed by atoms with Gasteiger partial charge >= 0.3 is 0 Å². The van der Waals surface area contributed by atoms with Crippen LogP contribution in [-0.2, 0) is 4.74 Å². The maximum atomic E-state index is 12.4. The molecule has 3 nitrogen and oxygen atoms in total. The van der Waals surface area contributed by atoms with E-state index in [2.05, 4.69) is 38.8 Å². The number of morpholine rings is 1. The van der Waals surface area contributed by atoms with Gasteiger partial charge in [0.25, 0.3) is 5.91 Å². The van der Waals surface area contributed by atoms with Gasteiger partial charge in [-0.1, -0.05) is 6.92 Å². The Morgan fingerprint density at radius 2 is 2.41 bits per heavy atom. The van der Waals surface area contributed by atoms with Crippen LogP contribution in [0.4, 0.5) is 0 Å². The summed E-state index contributed by atoms with van der Waals surface area (Å²) in [5.74, 6) is 0.108. The molecule has 0 spiro atoms. The highest BCUT2D eigenvalue weighted by Crippen LogP contribution is 2.33. The monoisotopic (exact) mass is 381 g/mol. The van der Waals surface area contributed by atoms with Crippen LogP contribution >= 0.6 is 43.2 Å². The van der Waals surface area contributed by atoms with Crippen molar-refractivity contribution >= 4 is 49.1 Å². The Morgan fingerprint density at radius 1 is 1.65 bits per heavy atom. The summed E-state index contributed by atoms with van der Waals surface area (Å²) in [4.78, 5) is 15.1. The second kappa shape index (κ2) is 5.82. The standard InChI is InChI=1S/C11H13Br2NO2S/c1-2-7-6-16-4-3-14(7)11(15)9-5-8(12)10(13)17-9/h5,7H,2-4,6H2,1H3. The topological polar surface area (TPSA) is 29.5 Å². The van der Waals surface area contributed by atoms with Crippen LogP contribution < -0.4 is 0 Å². The molecule has 94 valence electrons. The molecule has 6 heteroatoms. The molecule has 1 fully saturated rings. The van der Waals surface area contributed by atoms with Crippen molar-refractivity contribution in [2.75, 3.05) is 19.8 Å². The molecule has 1 saturated heterocycles. The van der Waals surface area contributed by atoms with E-state index in [-0.39, 0.29) is 11.9 Å². The minimum Gasteiger partial charge on any atom is -0.377 e. The van der Waals surface area contributed by atoms with Crippen molar-refractivity contribution in [3.8, 4) is 0 Å². The van der Waals surface area contributed by atoms with E-state index < -0.39 is 0 Å². The number of thiophene rings is 1. The number of carbonyl (C=O) groups excluding carboxylic acids is 1. The summed E-state index contributed by atoms with van der Waals surface area (Å²) < 4.78 is 7.31. The van der Waals surface area contributed by atoms with Crippen LogP contribution in [-0.4, -0.2) is 36.6 Å². The maximum Gasteiger partial charge on any atom is 0.264 e.